The molecule has 2 N–H and O–H groups in total. The summed E-state index contributed by atoms with van der Waals surface area (Å²) >= 11 is 3.05. The van der Waals surface area contributed by atoms with E-state index in [0.717, 1.165) is 0 Å². The van der Waals surface area contributed by atoms with Gasteiger partial charge in [0, 0.05) is 34.5 Å². The van der Waals surface area contributed by atoms with E-state index in [1.54, 1.807) is 7.05 Å². The Hall–Kier alpha value is -0.970. The minimum Gasteiger partial charge on any atom is -0.398 e. The van der Waals surface area contributed by atoms with Crippen LogP contribution in [0.3, 0.4) is 0 Å². The number of aliphatic imine (C=N–C) groups is 1. The van der Waals surface area contributed by atoms with Crippen molar-refractivity contribution in [1.82, 2.24) is 0 Å². The molecule has 76 valence electrons. The van der Waals surface area contributed by atoms with Gasteiger partial charge in [-0.2, -0.15) is 0 Å². The molecule has 1 aromatic rings. The molecule has 1 aromatic carbocycles. The number of nitrogen functional groups attached to an aromatic ring is 1. The van der Waals surface area contributed by atoms with Crippen molar-refractivity contribution in [1.29, 1.82) is 0 Å². The zero-order chi connectivity index (χ0) is 10.7. The Morgan fingerprint density at radius 3 is 2.64 bits per heavy atom. The molecule has 0 amide bonds. The fraction of sp³-hybridized carbons (Fsp3) is 0.222. The molecule has 0 saturated carbocycles. The maximum absolute atomic E-state index is 12.4. The zero-order valence-corrected chi connectivity index (χ0v) is 9.05. The lowest BCUT2D eigenvalue weighted by Crippen LogP contribution is -1.97. The van der Waals surface area contributed by atoms with Gasteiger partial charge in [-0.25, -0.2) is 8.78 Å². The summed E-state index contributed by atoms with van der Waals surface area (Å²) in [5.74, 6) is 0. The first-order valence-electron chi connectivity index (χ1n) is 3.85. The van der Waals surface area contributed by atoms with E-state index in [0.29, 0.717) is 15.7 Å². The monoisotopic (exact) mass is 262 g/mol. The second kappa shape index (κ2) is 4.50. The van der Waals surface area contributed by atoms with Crippen LogP contribution in [0.25, 0.3) is 0 Å². The Morgan fingerprint density at radius 1 is 1.50 bits per heavy atom. The van der Waals surface area contributed by atoms with E-state index in [4.69, 9.17) is 5.73 Å². The van der Waals surface area contributed by atoms with Crippen molar-refractivity contribution in [2.45, 2.75) is 6.43 Å². The average molecular weight is 263 g/mol. The highest BCUT2D eigenvalue weighted by Gasteiger charge is 2.13. The van der Waals surface area contributed by atoms with Crippen LogP contribution in [0.15, 0.2) is 21.6 Å². The van der Waals surface area contributed by atoms with Gasteiger partial charge in [0.15, 0.2) is 0 Å². The molecule has 0 fully saturated rings. The summed E-state index contributed by atoms with van der Waals surface area (Å²) in [4.78, 5) is 3.77. The molecule has 14 heavy (non-hydrogen) atoms. The molecule has 0 unspecified atom stereocenters. The third-order valence-electron chi connectivity index (χ3n) is 1.71. The van der Waals surface area contributed by atoms with Gasteiger partial charge in [0.25, 0.3) is 6.43 Å². The molecular formula is C9H9BrF2N2. The lowest BCUT2D eigenvalue weighted by molar-refractivity contribution is 0.150. The lowest BCUT2D eigenvalue weighted by Gasteiger charge is -2.07. The molecule has 2 nitrogen and oxygen atoms in total. The van der Waals surface area contributed by atoms with E-state index in [1.807, 2.05) is 0 Å². The Morgan fingerprint density at radius 2 is 2.14 bits per heavy atom. The second-order valence-electron chi connectivity index (χ2n) is 2.69. The van der Waals surface area contributed by atoms with Crippen LogP contribution in [-0.4, -0.2) is 13.3 Å². The number of halogens is 3. The number of hydrogen-bond acceptors (Lipinski definition) is 2. The van der Waals surface area contributed by atoms with Gasteiger partial charge in [-0.3, -0.25) is 4.99 Å². The van der Waals surface area contributed by atoms with Crippen LogP contribution >= 0.6 is 15.9 Å². The third-order valence-corrected chi connectivity index (χ3v) is 2.39. The smallest absolute Gasteiger partial charge is 0.265 e. The van der Waals surface area contributed by atoms with Crippen molar-refractivity contribution in [3.05, 3.63) is 27.7 Å². The van der Waals surface area contributed by atoms with E-state index >= 15 is 0 Å². The topological polar surface area (TPSA) is 38.4 Å². The molecule has 0 bridgehead atoms. The van der Waals surface area contributed by atoms with Crippen LogP contribution in [-0.2, 0) is 0 Å². The highest BCUT2D eigenvalue weighted by molar-refractivity contribution is 9.10. The summed E-state index contributed by atoms with van der Waals surface area (Å²) in [5, 5.41) is 0. The van der Waals surface area contributed by atoms with Crippen LogP contribution in [0.2, 0.25) is 0 Å². The number of hydrogen-bond donors (Lipinski definition) is 1. The SMILES string of the molecule is CN=Cc1cc(Br)c(C(F)F)cc1N. The molecule has 0 aliphatic rings. The van der Waals surface area contributed by atoms with Gasteiger partial charge in [0.05, 0.1) is 0 Å². The zero-order valence-electron chi connectivity index (χ0n) is 7.47. The van der Waals surface area contributed by atoms with Crippen molar-refractivity contribution in [2.75, 3.05) is 12.8 Å². The van der Waals surface area contributed by atoms with E-state index < -0.39 is 6.43 Å². The molecular weight excluding hydrogens is 254 g/mol. The Kier molecular flexibility index (Phi) is 3.57. The molecule has 0 spiro atoms. The molecule has 0 saturated heterocycles. The molecule has 0 aromatic heterocycles. The Labute approximate surface area is 89.0 Å². The van der Waals surface area contributed by atoms with Crippen LogP contribution in [0.4, 0.5) is 14.5 Å². The van der Waals surface area contributed by atoms with Crippen molar-refractivity contribution in [2.24, 2.45) is 4.99 Å². The molecule has 0 aliphatic carbocycles. The van der Waals surface area contributed by atoms with Crippen molar-refractivity contribution >= 4 is 27.8 Å². The van der Waals surface area contributed by atoms with Gasteiger partial charge in [-0.15, -0.1) is 0 Å². The van der Waals surface area contributed by atoms with Gasteiger partial charge in [-0.05, 0) is 12.1 Å². The minimum absolute atomic E-state index is 0.101. The number of anilines is 1. The maximum Gasteiger partial charge on any atom is 0.265 e. The first-order valence-corrected chi connectivity index (χ1v) is 4.64. The summed E-state index contributed by atoms with van der Waals surface area (Å²) in [6.07, 6.45) is -1.01. The quantitative estimate of drug-likeness (QED) is 0.646. The fourth-order valence-corrected chi connectivity index (χ4v) is 1.58. The summed E-state index contributed by atoms with van der Waals surface area (Å²) in [6, 6.07) is 2.79. The normalized spacial score (nSPS) is 11.5. The van der Waals surface area contributed by atoms with E-state index in [2.05, 4.69) is 20.9 Å². The van der Waals surface area contributed by atoms with Gasteiger partial charge in [0.1, 0.15) is 0 Å². The first kappa shape index (κ1) is 11.1. The van der Waals surface area contributed by atoms with Gasteiger partial charge in [-0.1, -0.05) is 15.9 Å². The average Bonchev–Trinajstić information content (AvgIpc) is 2.10. The first-order chi connectivity index (χ1) is 6.56. The lowest BCUT2D eigenvalue weighted by atomic mass is 10.1. The molecule has 0 aliphatic heterocycles. The Balaban J connectivity index is 3.23. The second-order valence-corrected chi connectivity index (χ2v) is 3.54. The largest absolute Gasteiger partial charge is 0.398 e. The van der Waals surface area contributed by atoms with Crippen molar-refractivity contribution in [3.63, 3.8) is 0 Å². The predicted octanol–water partition coefficient (Wildman–Crippen LogP) is 3.02. The summed E-state index contributed by atoms with van der Waals surface area (Å²) in [5.41, 5.74) is 6.40. The number of alkyl halides is 2. The molecule has 0 atom stereocenters. The van der Waals surface area contributed by atoms with Crippen LogP contribution in [0.5, 0.6) is 0 Å². The standard InChI is InChI=1S/C9H9BrF2N2/c1-14-4-5-2-7(10)6(9(11)12)3-8(5)13/h2-4,9H,13H2,1H3. The Bertz CT molecular complexity index is 364. The number of benzene rings is 1. The number of nitrogens with zero attached hydrogens (tertiary/aromatic N) is 1. The maximum atomic E-state index is 12.4. The molecule has 5 heteroatoms. The minimum atomic E-state index is -2.53. The van der Waals surface area contributed by atoms with Crippen LogP contribution in [0, 0.1) is 0 Å². The third kappa shape index (κ3) is 2.29. The van der Waals surface area contributed by atoms with Gasteiger partial charge >= 0.3 is 0 Å². The summed E-state index contributed by atoms with van der Waals surface area (Å²) in [7, 11) is 1.59. The molecule has 1 rings (SSSR count). The van der Waals surface area contributed by atoms with Crippen LogP contribution in [0.1, 0.15) is 17.6 Å². The van der Waals surface area contributed by atoms with E-state index in [1.165, 1.54) is 18.3 Å². The number of nitrogens with two attached hydrogens (primary N) is 1. The molecule has 0 radical (unpaired) electrons. The van der Waals surface area contributed by atoms with E-state index in [-0.39, 0.29) is 5.56 Å². The fourth-order valence-electron chi connectivity index (χ4n) is 1.04. The molecule has 0 heterocycles. The predicted molar refractivity (Wildman–Crippen MR) is 57.0 cm³/mol. The number of rotatable bonds is 2. The van der Waals surface area contributed by atoms with E-state index in [9.17, 15) is 8.78 Å². The van der Waals surface area contributed by atoms with Crippen molar-refractivity contribution < 1.29 is 8.78 Å². The van der Waals surface area contributed by atoms with Gasteiger partial charge in [0.2, 0.25) is 0 Å². The van der Waals surface area contributed by atoms with Gasteiger partial charge < -0.3 is 5.73 Å². The summed E-state index contributed by atoms with van der Waals surface area (Å²) in [6.45, 7) is 0. The highest BCUT2D eigenvalue weighted by atomic mass is 79.9. The summed E-state index contributed by atoms with van der Waals surface area (Å²) < 4.78 is 25.2. The highest BCUT2D eigenvalue weighted by Crippen LogP contribution is 2.30. The van der Waals surface area contributed by atoms with Crippen LogP contribution < -0.4 is 5.73 Å². The van der Waals surface area contributed by atoms with Crippen molar-refractivity contribution in [3.8, 4) is 0 Å².